The van der Waals surface area contributed by atoms with Crippen molar-refractivity contribution in [1.82, 2.24) is 19.6 Å². The summed E-state index contributed by atoms with van der Waals surface area (Å²) in [5, 5.41) is 4.20. The molecule has 6 heteroatoms. The largest absolute Gasteiger partial charge is 0.341 e. The molecule has 0 saturated carbocycles. The zero-order valence-corrected chi connectivity index (χ0v) is 20.6. The van der Waals surface area contributed by atoms with E-state index in [0.29, 0.717) is 19.0 Å². The summed E-state index contributed by atoms with van der Waals surface area (Å²) >= 11 is 0. The standard InChI is InChI=1S/C29H34N4O2/c1-23-9-6-7-12-26(23)21-27(31(2)29(35)22-33-18-8-17-30-33)25-15-19-32(20-16-25)28(34)14-13-24-10-4-3-5-11-24/h3-14,17-18,25,27H,15-16,19-22H2,1-2H3/b14-13+/t27-/m1/s1. The Morgan fingerprint density at radius 3 is 2.46 bits per heavy atom. The van der Waals surface area contributed by atoms with Crippen molar-refractivity contribution >= 4 is 17.9 Å². The lowest BCUT2D eigenvalue weighted by atomic mass is 9.84. The smallest absolute Gasteiger partial charge is 0.246 e. The minimum atomic E-state index is 0.0471. The maximum absolute atomic E-state index is 13.2. The predicted molar refractivity (Wildman–Crippen MR) is 138 cm³/mol. The van der Waals surface area contributed by atoms with Gasteiger partial charge in [-0.15, -0.1) is 0 Å². The summed E-state index contributed by atoms with van der Waals surface area (Å²) in [5.41, 5.74) is 3.52. The number of nitrogens with zero attached hydrogens (tertiary/aromatic N) is 4. The first-order valence-corrected chi connectivity index (χ1v) is 12.3. The number of piperidine rings is 1. The summed E-state index contributed by atoms with van der Waals surface area (Å²) in [4.78, 5) is 29.8. The molecule has 1 saturated heterocycles. The van der Waals surface area contributed by atoms with Crippen molar-refractivity contribution < 1.29 is 9.59 Å². The Morgan fingerprint density at radius 1 is 1.06 bits per heavy atom. The number of likely N-dealkylation sites (tertiary alicyclic amines) is 1. The first-order chi connectivity index (χ1) is 17.0. The average Bonchev–Trinajstić information content (AvgIpc) is 3.40. The van der Waals surface area contributed by atoms with E-state index in [1.165, 1.54) is 11.1 Å². The average molecular weight is 471 g/mol. The van der Waals surface area contributed by atoms with Crippen molar-refractivity contribution in [3.63, 3.8) is 0 Å². The Kier molecular flexibility index (Phi) is 8.14. The number of amides is 2. The lowest BCUT2D eigenvalue weighted by Gasteiger charge is -2.40. The van der Waals surface area contributed by atoms with E-state index < -0.39 is 0 Å². The molecule has 4 rings (SSSR count). The van der Waals surface area contributed by atoms with Crippen molar-refractivity contribution in [3.05, 3.63) is 95.8 Å². The van der Waals surface area contributed by atoms with Crippen LogP contribution < -0.4 is 0 Å². The van der Waals surface area contributed by atoms with E-state index in [9.17, 15) is 9.59 Å². The van der Waals surface area contributed by atoms with Gasteiger partial charge < -0.3 is 9.80 Å². The van der Waals surface area contributed by atoms with Crippen molar-refractivity contribution in [2.75, 3.05) is 20.1 Å². The molecular weight excluding hydrogens is 436 g/mol. The molecule has 6 nitrogen and oxygen atoms in total. The number of carbonyl (C=O) groups excluding carboxylic acids is 2. The minimum Gasteiger partial charge on any atom is -0.341 e. The van der Waals surface area contributed by atoms with E-state index in [2.05, 4.69) is 30.2 Å². The zero-order chi connectivity index (χ0) is 24.6. The molecular formula is C29H34N4O2. The second-order valence-corrected chi connectivity index (χ2v) is 9.31. The van der Waals surface area contributed by atoms with Crippen molar-refractivity contribution in [2.45, 2.75) is 38.8 Å². The van der Waals surface area contributed by atoms with Crippen molar-refractivity contribution in [2.24, 2.45) is 5.92 Å². The number of hydrogen-bond acceptors (Lipinski definition) is 3. The second kappa shape index (κ2) is 11.6. The number of hydrogen-bond donors (Lipinski definition) is 0. The van der Waals surface area contributed by atoms with Crippen LogP contribution in [0.4, 0.5) is 0 Å². The fraction of sp³-hybridized carbons (Fsp3) is 0.345. The topological polar surface area (TPSA) is 58.4 Å². The normalized spacial score (nSPS) is 15.3. The van der Waals surface area contributed by atoms with E-state index in [1.54, 1.807) is 17.0 Å². The fourth-order valence-electron chi connectivity index (χ4n) is 4.85. The molecule has 3 aromatic rings. The van der Waals surface area contributed by atoms with Crippen LogP contribution in [-0.4, -0.2) is 57.6 Å². The Labute approximate surface area is 207 Å². The monoisotopic (exact) mass is 470 g/mol. The lowest BCUT2D eigenvalue weighted by molar-refractivity contribution is -0.135. The van der Waals surface area contributed by atoms with Crippen molar-refractivity contribution in [3.8, 4) is 0 Å². The summed E-state index contributed by atoms with van der Waals surface area (Å²) in [5.74, 6) is 0.422. The summed E-state index contributed by atoms with van der Waals surface area (Å²) in [7, 11) is 1.91. The van der Waals surface area contributed by atoms with Gasteiger partial charge in [-0.1, -0.05) is 54.6 Å². The molecule has 1 fully saturated rings. The quantitative estimate of drug-likeness (QED) is 0.464. The van der Waals surface area contributed by atoms with Crippen LogP contribution in [0.1, 0.15) is 29.5 Å². The molecule has 2 amide bonds. The molecule has 0 spiro atoms. The summed E-state index contributed by atoms with van der Waals surface area (Å²) in [6.07, 6.45) is 9.60. The molecule has 2 aromatic carbocycles. The van der Waals surface area contributed by atoms with E-state index in [1.807, 2.05) is 71.6 Å². The van der Waals surface area contributed by atoms with Crippen LogP contribution in [-0.2, 0) is 22.6 Å². The summed E-state index contributed by atoms with van der Waals surface area (Å²) in [6, 6.07) is 20.2. The van der Waals surface area contributed by atoms with Crippen LogP contribution in [0.2, 0.25) is 0 Å². The molecule has 2 heterocycles. The number of carbonyl (C=O) groups is 2. The van der Waals surface area contributed by atoms with Gasteiger partial charge in [0.1, 0.15) is 6.54 Å². The van der Waals surface area contributed by atoms with E-state index in [0.717, 1.165) is 24.8 Å². The third-order valence-electron chi connectivity index (χ3n) is 7.05. The molecule has 1 aromatic heterocycles. The maximum Gasteiger partial charge on any atom is 0.246 e. The molecule has 0 N–H and O–H groups in total. The highest BCUT2D eigenvalue weighted by atomic mass is 16.2. The Balaban J connectivity index is 1.43. The van der Waals surface area contributed by atoms with Gasteiger partial charge in [0, 0.05) is 44.6 Å². The van der Waals surface area contributed by atoms with Gasteiger partial charge in [-0.3, -0.25) is 14.3 Å². The number of rotatable bonds is 8. The highest BCUT2D eigenvalue weighted by molar-refractivity contribution is 5.91. The predicted octanol–water partition coefficient (Wildman–Crippen LogP) is 4.21. The molecule has 1 aliphatic rings. The van der Waals surface area contributed by atoms with E-state index in [4.69, 9.17) is 0 Å². The molecule has 0 bridgehead atoms. The number of benzene rings is 2. The van der Waals surface area contributed by atoms with Crippen LogP contribution in [0.25, 0.3) is 6.08 Å². The van der Waals surface area contributed by atoms with Gasteiger partial charge in [0.15, 0.2) is 0 Å². The molecule has 182 valence electrons. The molecule has 35 heavy (non-hydrogen) atoms. The molecule has 1 atom stereocenters. The SMILES string of the molecule is Cc1ccccc1C[C@H](C1CCN(C(=O)/C=C/c2ccccc2)CC1)N(C)C(=O)Cn1cccn1. The van der Waals surface area contributed by atoms with Gasteiger partial charge in [-0.25, -0.2) is 0 Å². The van der Waals surface area contributed by atoms with Crippen LogP contribution in [0, 0.1) is 12.8 Å². The third kappa shape index (κ3) is 6.47. The highest BCUT2D eigenvalue weighted by Crippen LogP contribution is 2.28. The van der Waals surface area contributed by atoms with Crippen LogP contribution in [0.15, 0.2) is 79.1 Å². The van der Waals surface area contributed by atoms with E-state index >= 15 is 0 Å². The number of aromatic nitrogens is 2. The van der Waals surface area contributed by atoms with Gasteiger partial charge in [-0.05, 0) is 60.9 Å². The lowest BCUT2D eigenvalue weighted by Crippen LogP contribution is -2.49. The second-order valence-electron chi connectivity index (χ2n) is 9.31. The Hall–Kier alpha value is -3.67. The molecule has 0 unspecified atom stereocenters. The van der Waals surface area contributed by atoms with Gasteiger partial charge in [0.2, 0.25) is 11.8 Å². The molecule has 1 aliphatic heterocycles. The zero-order valence-electron chi connectivity index (χ0n) is 20.6. The molecule has 0 radical (unpaired) electrons. The third-order valence-corrected chi connectivity index (χ3v) is 7.05. The van der Waals surface area contributed by atoms with Crippen LogP contribution >= 0.6 is 0 Å². The fourth-order valence-corrected chi connectivity index (χ4v) is 4.85. The highest BCUT2D eigenvalue weighted by Gasteiger charge is 2.32. The van der Waals surface area contributed by atoms with Crippen molar-refractivity contribution in [1.29, 1.82) is 0 Å². The van der Waals surface area contributed by atoms with Crippen LogP contribution in [0.5, 0.6) is 0 Å². The Morgan fingerprint density at radius 2 is 1.77 bits per heavy atom. The summed E-state index contributed by atoms with van der Waals surface area (Å²) < 4.78 is 1.67. The number of aryl methyl sites for hydroxylation is 1. The van der Waals surface area contributed by atoms with E-state index in [-0.39, 0.29) is 24.4 Å². The molecule has 0 aliphatic carbocycles. The first kappa shape index (κ1) is 24.5. The maximum atomic E-state index is 13.2. The summed E-state index contributed by atoms with van der Waals surface area (Å²) in [6.45, 7) is 3.76. The van der Waals surface area contributed by atoms with Crippen LogP contribution in [0.3, 0.4) is 0 Å². The van der Waals surface area contributed by atoms with Gasteiger partial charge in [0.25, 0.3) is 0 Å². The van der Waals surface area contributed by atoms with Gasteiger partial charge >= 0.3 is 0 Å². The first-order valence-electron chi connectivity index (χ1n) is 12.3. The van der Waals surface area contributed by atoms with Gasteiger partial charge in [-0.2, -0.15) is 5.10 Å². The minimum absolute atomic E-state index is 0.0471. The van der Waals surface area contributed by atoms with Gasteiger partial charge in [0.05, 0.1) is 0 Å². The Bertz CT molecular complexity index is 1130. The number of likely N-dealkylation sites (N-methyl/N-ethyl adjacent to an activating group) is 1.